The van der Waals surface area contributed by atoms with Crippen LogP contribution in [0.3, 0.4) is 0 Å². The van der Waals surface area contributed by atoms with Gasteiger partial charge in [-0.2, -0.15) is 0 Å². The van der Waals surface area contributed by atoms with Crippen LogP contribution in [0.15, 0.2) is 23.1 Å². The lowest BCUT2D eigenvalue weighted by Gasteiger charge is -2.24. The highest BCUT2D eigenvalue weighted by Gasteiger charge is 2.18. The topological polar surface area (TPSA) is 89.4 Å². The van der Waals surface area contributed by atoms with Crippen molar-refractivity contribution in [3.8, 4) is 0 Å². The quantitative estimate of drug-likeness (QED) is 0.835. The highest BCUT2D eigenvalue weighted by atomic mass is 32.2. The van der Waals surface area contributed by atoms with E-state index in [-0.39, 0.29) is 4.90 Å². The van der Waals surface area contributed by atoms with Gasteiger partial charge < -0.3 is 10.6 Å². The molecule has 1 atom stereocenters. The van der Waals surface area contributed by atoms with E-state index in [0.29, 0.717) is 5.69 Å². The molecule has 1 aliphatic rings. The maximum Gasteiger partial charge on any atom is 0.238 e. The number of benzene rings is 1. The summed E-state index contributed by atoms with van der Waals surface area (Å²) in [4.78, 5) is 2.31. The summed E-state index contributed by atoms with van der Waals surface area (Å²) in [5, 5.41) is 5.21. The average molecular weight is 311 g/mol. The Morgan fingerprint density at radius 3 is 2.67 bits per heavy atom. The predicted molar refractivity (Wildman–Crippen MR) is 86.7 cm³/mol. The Morgan fingerprint density at radius 1 is 1.24 bits per heavy atom. The van der Waals surface area contributed by atoms with Crippen molar-refractivity contribution < 1.29 is 8.42 Å². The molecule has 0 radical (unpaired) electrons. The molecule has 1 unspecified atom stereocenters. The molecule has 0 bridgehead atoms. The van der Waals surface area contributed by atoms with Gasteiger partial charge in [-0.25, -0.2) is 13.6 Å². The fourth-order valence-corrected chi connectivity index (χ4v) is 3.66. The van der Waals surface area contributed by atoms with Crippen molar-refractivity contribution in [3.05, 3.63) is 18.2 Å². The van der Waals surface area contributed by atoms with Gasteiger partial charge >= 0.3 is 0 Å². The lowest BCUT2D eigenvalue weighted by atomic mass is 9.96. The molecule has 1 aromatic carbocycles. The summed E-state index contributed by atoms with van der Waals surface area (Å²) in [6.07, 6.45) is 6.01. The molecular weight excluding hydrogens is 286 g/mol. The van der Waals surface area contributed by atoms with Gasteiger partial charge in [-0.05, 0) is 43.4 Å². The molecule has 21 heavy (non-hydrogen) atoms. The molecular formula is C15H25N3O2S. The van der Waals surface area contributed by atoms with Gasteiger partial charge in [0, 0.05) is 24.5 Å². The molecule has 0 amide bonds. The molecule has 6 heteroatoms. The number of primary sulfonamides is 1. The number of anilines is 2. The second-order valence-corrected chi connectivity index (χ2v) is 7.44. The molecule has 0 aliphatic carbocycles. The predicted octanol–water partition coefficient (Wildman–Crippen LogP) is 2.32. The van der Waals surface area contributed by atoms with Gasteiger partial charge in [0.15, 0.2) is 0 Å². The molecule has 4 N–H and O–H groups in total. The Bertz CT molecular complexity index is 587. The second-order valence-electron chi connectivity index (χ2n) is 5.88. The van der Waals surface area contributed by atoms with E-state index in [1.807, 2.05) is 6.07 Å². The first-order valence-electron chi connectivity index (χ1n) is 7.58. The van der Waals surface area contributed by atoms with E-state index >= 15 is 0 Å². The third kappa shape index (κ3) is 4.35. The fraction of sp³-hybridized carbons (Fsp3) is 0.600. The summed E-state index contributed by atoms with van der Waals surface area (Å²) in [6, 6.07) is 4.87. The second kappa shape index (κ2) is 6.66. The zero-order chi connectivity index (χ0) is 15.5. The van der Waals surface area contributed by atoms with Crippen LogP contribution in [0.2, 0.25) is 0 Å². The summed E-state index contributed by atoms with van der Waals surface area (Å²) >= 11 is 0. The minimum atomic E-state index is -3.72. The molecule has 1 aliphatic heterocycles. The fourth-order valence-electron chi connectivity index (χ4n) is 3.07. The van der Waals surface area contributed by atoms with E-state index in [2.05, 4.69) is 11.8 Å². The first kappa shape index (κ1) is 16.1. The molecule has 5 nitrogen and oxygen atoms in total. The normalized spacial score (nSPS) is 20.3. The van der Waals surface area contributed by atoms with Crippen LogP contribution in [-0.2, 0) is 10.0 Å². The smallest absolute Gasteiger partial charge is 0.238 e. The van der Waals surface area contributed by atoms with Crippen LogP contribution in [0, 0.1) is 5.92 Å². The minimum absolute atomic E-state index is 0.0897. The third-order valence-corrected chi connectivity index (χ3v) is 5.04. The summed E-state index contributed by atoms with van der Waals surface area (Å²) in [5.74, 6) is 0.777. The van der Waals surface area contributed by atoms with Crippen LogP contribution in [0.5, 0.6) is 0 Å². The summed E-state index contributed by atoms with van der Waals surface area (Å²) in [5.41, 5.74) is 7.12. The van der Waals surface area contributed by atoms with Crippen molar-refractivity contribution in [1.29, 1.82) is 0 Å². The number of hydrogen-bond donors (Lipinski definition) is 2. The number of nitrogen functional groups attached to an aromatic ring is 1. The number of rotatable bonds is 4. The van der Waals surface area contributed by atoms with Crippen molar-refractivity contribution in [3.63, 3.8) is 0 Å². The van der Waals surface area contributed by atoms with Crippen LogP contribution in [0.4, 0.5) is 11.4 Å². The maximum absolute atomic E-state index is 11.5. The van der Waals surface area contributed by atoms with Gasteiger partial charge in [0.1, 0.15) is 0 Å². The summed E-state index contributed by atoms with van der Waals surface area (Å²) < 4.78 is 23.1. The Labute approximate surface area is 127 Å². The molecule has 0 aromatic heterocycles. The number of nitrogens with zero attached hydrogens (tertiary/aromatic N) is 1. The molecule has 118 valence electrons. The average Bonchev–Trinajstić information content (AvgIpc) is 2.63. The number of nitrogens with two attached hydrogens (primary N) is 2. The van der Waals surface area contributed by atoms with E-state index in [0.717, 1.165) is 37.5 Å². The van der Waals surface area contributed by atoms with Gasteiger partial charge in [0.25, 0.3) is 0 Å². The van der Waals surface area contributed by atoms with E-state index in [9.17, 15) is 8.42 Å². The molecule has 1 heterocycles. The summed E-state index contributed by atoms with van der Waals surface area (Å²) in [7, 11) is -3.72. The highest BCUT2D eigenvalue weighted by molar-refractivity contribution is 7.89. The van der Waals surface area contributed by atoms with Gasteiger partial charge in [-0.15, -0.1) is 0 Å². The Balaban J connectivity index is 2.20. The minimum Gasteiger partial charge on any atom is -0.399 e. The highest BCUT2D eigenvalue weighted by Crippen LogP contribution is 2.28. The number of sulfonamides is 1. The van der Waals surface area contributed by atoms with Crippen LogP contribution in [0.1, 0.15) is 39.0 Å². The van der Waals surface area contributed by atoms with Crippen LogP contribution in [0.25, 0.3) is 0 Å². The van der Waals surface area contributed by atoms with Gasteiger partial charge in [-0.1, -0.05) is 19.8 Å². The van der Waals surface area contributed by atoms with Crippen molar-refractivity contribution in [1.82, 2.24) is 0 Å². The lowest BCUT2D eigenvalue weighted by molar-refractivity contribution is 0.435. The SMILES string of the molecule is CCCC1CCCN(c2cc(N)cc(S(N)(=O)=O)c2)CC1. The molecule has 0 saturated carbocycles. The monoisotopic (exact) mass is 311 g/mol. The zero-order valence-corrected chi connectivity index (χ0v) is 13.4. The van der Waals surface area contributed by atoms with Crippen LogP contribution < -0.4 is 15.8 Å². The van der Waals surface area contributed by atoms with Gasteiger partial charge in [0.2, 0.25) is 10.0 Å². The third-order valence-electron chi connectivity index (χ3n) is 4.15. The molecule has 2 rings (SSSR count). The van der Waals surface area contributed by atoms with E-state index in [1.165, 1.54) is 25.3 Å². The zero-order valence-electron chi connectivity index (χ0n) is 12.6. The Kier molecular flexibility index (Phi) is 5.11. The largest absolute Gasteiger partial charge is 0.399 e. The standard InChI is InChI=1S/C15H25N3O2S/c1-2-4-12-5-3-7-18(8-6-12)14-9-13(16)10-15(11-14)21(17,19)20/h9-12H,2-8,16H2,1H3,(H2,17,19,20). The maximum atomic E-state index is 11.5. The molecule has 1 aromatic rings. The van der Waals surface area contributed by atoms with E-state index < -0.39 is 10.0 Å². The molecule has 1 saturated heterocycles. The van der Waals surface area contributed by atoms with Crippen LogP contribution in [-0.4, -0.2) is 21.5 Å². The van der Waals surface area contributed by atoms with Crippen LogP contribution >= 0.6 is 0 Å². The van der Waals surface area contributed by atoms with E-state index in [1.54, 1.807) is 6.07 Å². The molecule has 0 spiro atoms. The first-order chi connectivity index (χ1) is 9.90. The van der Waals surface area contributed by atoms with Crippen molar-refractivity contribution in [2.45, 2.75) is 43.9 Å². The van der Waals surface area contributed by atoms with Crippen molar-refractivity contribution >= 4 is 21.4 Å². The summed E-state index contributed by atoms with van der Waals surface area (Å²) in [6.45, 7) is 4.10. The van der Waals surface area contributed by atoms with Gasteiger partial charge in [0.05, 0.1) is 4.90 Å². The van der Waals surface area contributed by atoms with Gasteiger partial charge in [-0.3, -0.25) is 0 Å². The molecule has 1 fully saturated rings. The van der Waals surface area contributed by atoms with Crippen molar-refractivity contribution in [2.75, 3.05) is 23.7 Å². The van der Waals surface area contributed by atoms with E-state index in [4.69, 9.17) is 10.9 Å². The number of hydrogen-bond acceptors (Lipinski definition) is 4. The Hall–Kier alpha value is -1.27. The van der Waals surface area contributed by atoms with Crippen molar-refractivity contribution in [2.24, 2.45) is 11.1 Å². The Morgan fingerprint density at radius 2 is 2.00 bits per heavy atom. The lowest BCUT2D eigenvalue weighted by Crippen LogP contribution is -2.25. The first-order valence-corrected chi connectivity index (χ1v) is 9.13.